The number of carbonyl (C=O) groups is 2. The van der Waals surface area contributed by atoms with E-state index >= 15 is 0 Å². The number of ether oxygens (including phenoxy) is 2. The lowest BCUT2D eigenvalue weighted by Gasteiger charge is -2.10. The van der Waals surface area contributed by atoms with Crippen LogP contribution in [0.3, 0.4) is 0 Å². The van der Waals surface area contributed by atoms with Crippen LogP contribution in [0.4, 0.5) is 0 Å². The first-order chi connectivity index (χ1) is 13.7. The molecule has 0 amide bonds. The van der Waals surface area contributed by atoms with E-state index in [-0.39, 0.29) is 21.6 Å². The van der Waals surface area contributed by atoms with Gasteiger partial charge in [0, 0.05) is 11.0 Å². The first-order valence-corrected chi connectivity index (χ1v) is 11.3. The molecule has 3 N–H and O–H groups in total. The lowest BCUT2D eigenvalue weighted by molar-refractivity contribution is -0.143. The summed E-state index contributed by atoms with van der Waals surface area (Å²) in [7, 11) is -3.29. The van der Waals surface area contributed by atoms with Gasteiger partial charge in [-0.05, 0) is 48.5 Å². The fourth-order valence-electron chi connectivity index (χ4n) is 2.40. The lowest BCUT2D eigenvalue weighted by Crippen LogP contribution is -2.36. The lowest BCUT2D eigenvalue weighted by atomic mass is 10.2. The van der Waals surface area contributed by atoms with Crippen molar-refractivity contribution in [1.82, 2.24) is 0 Å². The molecule has 10 heteroatoms. The Balaban J connectivity index is 1.58. The highest BCUT2D eigenvalue weighted by Gasteiger charge is 2.29. The number of carboxylic acid groups (broad SMARTS) is 1. The van der Waals surface area contributed by atoms with Crippen LogP contribution in [0.5, 0.6) is 17.2 Å². The molecule has 29 heavy (non-hydrogen) atoms. The molecule has 1 saturated heterocycles. The van der Waals surface area contributed by atoms with Gasteiger partial charge in [-0.2, -0.15) is 11.8 Å². The summed E-state index contributed by atoms with van der Waals surface area (Å²) in [5, 5.41) is 8.84. The highest BCUT2D eigenvalue weighted by molar-refractivity contribution is 8.08. The van der Waals surface area contributed by atoms with Crippen LogP contribution in [0, 0.1) is 0 Å². The third-order valence-electron chi connectivity index (χ3n) is 3.97. The van der Waals surface area contributed by atoms with Gasteiger partial charge in [-0.25, -0.2) is 13.2 Å². The maximum atomic E-state index is 12.2. The van der Waals surface area contributed by atoms with Gasteiger partial charge in [0.2, 0.25) is 0 Å². The monoisotopic (exact) mass is 437 g/mol. The second-order valence-electron chi connectivity index (χ2n) is 6.41. The number of hydrogen-bond acceptors (Lipinski definition) is 8. The van der Waals surface area contributed by atoms with Crippen molar-refractivity contribution in [2.45, 2.75) is 22.6 Å². The molecular weight excluding hydrogens is 418 g/mol. The zero-order valence-corrected chi connectivity index (χ0v) is 16.8. The number of thioether (sulfide) groups is 1. The van der Waals surface area contributed by atoms with Crippen LogP contribution in [-0.4, -0.2) is 48.3 Å². The Kier molecular flexibility index (Phi) is 6.46. The zero-order chi connectivity index (χ0) is 21.0. The molecule has 2 aromatic carbocycles. The summed E-state index contributed by atoms with van der Waals surface area (Å²) in [6.07, 6.45) is -0.523. The second-order valence-corrected chi connectivity index (χ2v) is 9.77. The molecule has 0 spiro atoms. The van der Waals surface area contributed by atoms with Crippen molar-refractivity contribution < 1.29 is 32.6 Å². The number of nitrogens with two attached hydrogens (primary N) is 1. The van der Waals surface area contributed by atoms with E-state index in [1.807, 2.05) is 0 Å². The Hall–Kier alpha value is -2.56. The highest BCUT2D eigenvalue weighted by atomic mass is 32.2. The molecule has 0 bridgehead atoms. The molecule has 0 radical (unpaired) electrons. The van der Waals surface area contributed by atoms with Crippen molar-refractivity contribution in [3.05, 3.63) is 48.5 Å². The predicted molar refractivity (Wildman–Crippen MR) is 107 cm³/mol. The van der Waals surface area contributed by atoms with E-state index in [2.05, 4.69) is 0 Å². The molecule has 0 aliphatic carbocycles. The molecule has 1 aliphatic rings. The van der Waals surface area contributed by atoms with E-state index in [1.165, 1.54) is 24.3 Å². The number of benzene rings is 2. The SMILES string of the molecule is NC(CC(=O)O)C(=O)Oc1ccc(Oc2ccc(S(=O)(=O)CC3CS3)cc2)cc1. The topological polar surface area (TPSA) is 133 Å². The fourth-order valence-corrected chi connectivity index (χ4v) is 5.07. The van der Waals surface area contributed by atoms with Gasteiger partial charge in [0.25, 0.3) is 0 Å². The van der Waals surface area contributed by atoms with E-state index in [0.717, 1.165) is 5.75 Å². The van der Waals surface area contributed by atoms with Crippen LogP contribution in [0.25, 0.3) is 0 Å². The molecule has 0 aromatic heterocycles. The maximum Gasteiger partial charge on any atom is 0.328 e. The van der Waals surface area contributed by atoms with Crippen LogP contribution in [0.15, 0.2) is 53.4 Å². The summed E-state index contributed by atoms with van der Waals surface area (Å²) < 4.78 is 35.2. The van der Waals surface area contributed by atoms with Crippen LogP contribution in [-0.2, 0) is 19.4 Å². The van der Waals surface area contributed by atoms with Gasteiger partial charge in [-0.3, -0.25) is 4.79 Å². The average molecular weight is 437 g/mol. The number of carbonyl (C=O) groups excluding carboxylic acids is 1. The zero-order valence-electron chi connectivity index (χ0n) is 15.2. The molecule has 1 fully saturated rings. The molecule has 2 aromatic rings. The molecule has 0 saturated carbocycles. The van der Waals surface area contributed by atoms with Gasteiger partial charge in [-0.15, -0.1) is 0 Å². The van der Waals surface area contributed by atoms with Gasteiger partial charge < -0.3 is 20.3 Å². The number of hydrogen-bond donors (Lipinski definition) is 2. The van der Waals surface area contributed by atoms with Crippen LogP contribution in [0.2, 0.25) is 0 Å². The largest absolute Gasteiger partial charge is 0.481 e. The van der Waals surface area contributed by atoms with Crippen LogP contribution < -0.4 is 15.2 Å². The summed E-state index contributed by atoms with van der Waals surface area (Å²) in [6.45, 7) is 0. The first-order valence-electron chi connectivity index (χ1n) is 8.64. The number of esters is 1. The molecule has 2 unspecified atom stereocenters. The van der Waals surface area contributed by atoms with E-state index < -0.39 is 34.2 Å². The Morgan fingerprint density at radius 2 is 1.59 bits per heavy atom. The Labute approximate surface area is 171 Å². The number of carboxylic acids is 1. The third kappa shape index (κ3) is 6.21. The second kappa shape index (κ2) is 8.85. The van der Waals surface area contributed by atoms with Crippen molar-refractivity contribution in [2.24, 2.45) is 5.73 Å². The molecule has 154 valence electrons. The summed E-state index contributed by atoms with van der Waals surface area (Å²) in [5.74, 6) is 0.0989. The van der Waals surface area contributed by atoms with Gasteiger partial charge in [0.1, 0.15) is 23.3 Å². The molecule has 3 rings (SSSR count). The van der Waals surface area contributed by atoms with Crippen molar-refractivity contribution in [2.75, 3.05) is 11.5 Å². The minimum atomic E-state index is -3.29. The standard InChI is InChI=1S/C19H19NO7S2/c20-17(9-18(21)22)19(23)27-14-3-1-12(2-4-14)26-13-5-7-16(8-6-13)29(24,25)11-15-10-28-15/h1-8,15,17H,9-11,20H2,(H,21,22). The van der Waals surface area contributed by atoms with Crippen molar-refractivity contribution >= 4 is 33.5 Å². The highest BCUT2D eigenvalue weighted by Crippen LogP contribution is 2.33. The van der Waals surface area contributed by atoms with E-state index in [9.17, 15) is 18.0 Å². The van der Waals surface area contributed by atoms with Gasteiger partial charge in [0.15, 0.2) is 9.84 Å². The fraction of sp³-hybridized carbons (Fsp3) is 0.263. The van der Waals surface area contributed by atoms with Crippen molar-refractivity contribution in [3.63, 3.8) is 0 Å². The Bertz CT molecular complexity index is 984. The Morgan fingerprint density at radius 3 is 2.10 bits per heavy atom. The van der Waals surface area contributed by atoms with Crippen molar-refractivity contribution in [1.29, 1.82) is 0 Å². The summed E-state index contributed by atoms with van der Waals surface area (Å²) in [5.41, 5.74) is 5.45. The first kappa shape index (κ1) is 21.2. The van der Waals surface area contributed by atoms with Crippen LogP contribution >= 0.6 is 11.8 Å². The summed E-state index contributed by atoms with van der Waals surface area (Å²) in [6, 6.07) is 11.0. The predicted octanol–water partition coefficient (Wildman–Crippen LogP) is 2.08. The molecule has 8 nitrogen and oxygen atoms in total. The van der Waals surface area contributed by atoms with E-state index in [0.29, 0.717) is 11.5 Å². The van der Waals surface area contributed by atoms with E-state index in [1.54, 1.807) is 36.0 Å². The summed E-state index contributed by atoms with van der Waals surface area (Å²) >= 11 is 1.64. The molecule has 1 aliphatic heterocycles. The average Bonchev–Trinajstić information content (AvgIpc) is 3.46. The normalized spacial score (nSPS) is 16.7. The quantitative estimate of drug-likeness (QED) is 0.343. The minimum absolute atomic E-state index is 0.147. The van der Waals surface area contributed by atoms with Gasteiger partial charge >= 0.3 is 11.9 Å². The molecule has 2 atom stereocenters. The van der Waals surface area contributed by atoms with Gasteiger partial charge in [0.05, 0.1) is 17.1 Å². The van der Waals surface area contributed by atoms with E-state index in [4.69, 9.17) is 20.3 Å². The number of rotatable bonds is 9. The minimum Gasteiger partial charge on any atom is -0.481 e. The van der Waals surface area contributed by atoms with Gasteiger partial charge in [-0.1, -0.05) is 0 Å². The van der Waals surface area contributed by atoms with Crippen LogP contribution in [0.1, 0.15) is 6.42 Å². The number of sulfone groups is 1. The summed E-state index contributed by atoms with van der Waals surface area (Å²) in [4.78, 5) is 22.5. The number of aliphatic carboxylic acids is 1. The molecule has 1 heterocycles. The third-order valence-corrected chi connectivity index (χ3v) is 6.98. The smallest absolute Gasteiger partial charge is 0.328 e. The van der Waals surface area contributed by atoms with Crippen molar-refractivity contribution in [3.8, 4) is 17.2 Å². The molecular formula is C19H19NO7S2. The maximum absolute atomic E-state index is 12.2. The Morgan fingerprint density at radius 1 is 1.07 bits per heavy atom.